The normalized spacial score (nSPS) is 21.0. The van der Waals surface area contributed by atoms with E-state index in [0.717, 1.165) is 23.6 Å². The van der Waals surface area contributed by atoms with Crippen LogP contribution in [0.1, 0.15) is 30.7 Å². The summed E-state index contributed by atoms with van der Waals surface area (Å²) < 4.78 is 0. The Hall–Kier alpha value is -1.41. The number of carbonyl (C=O) groups is 1. The molecule has 1 heterocycles. The Morgan fingerprint density at radius 2 is 2.13 bits per heavy atom. The molecule has 1 atom stereocenters. The van der Waals surface area contributed by atoms with Crippen LogP contribution in [0.15, 0.2) is 40.1 Å². The first-order chi connectivity index (χ1) is 11.1. The van der Waals surface area contributed by atoms with Crippen molar-refractivity contribution in [2.24, 2.45) is 0 Å². The van der Waals surface area contributed by atoms with Crippen LogP contribution in [0.5, 0.6) is 0 Å². The highest BCUT2D eigenvalue weighted by atomic mass is 35.5. The second-order valence-electron chi connectivity index (χ2n) is 5.43. The summed E-state index contributed by atoms with van der Waals surface area (Å²) in [7, 11) is 0. The fourth-order valence-electron chi connectivity index (χ4n) is 3.14. The number of nitriles is 1. The smallest absolute Gasteiger partial charge is 0.161 e. The monoisotopic (exact) mass is 364 g/mol. The van der Waals surface area contributed by atoms with Crippen LogP contribution >= 0.6 is 35.0 Å². The lowest BCUT2D eigenvalue weighted by Gasteiger charge is -2.33. The molecule has 6 heteroatoms. The number of halogens is 2. The lowest BCUT2D eigenvalue weighted by Crippen LogP contribution is -2.31. The second-order valence-corrected chi connectivity index (χ2v) is 7.03. The summed E-state index contributed by atoms with van der Waals surface area (Å²) in [5.41, 5.74) is 2.81. The van der Waals surface area contributed by atoms with Crippen molar-refractivity contribution in [2.45, 2.75) is 25.2 Å². The molecule has 1 aromatic carbocycles. The van der Waals surface area contributed by atoms with E-state index < -0.39 is 5.92 Å². The molecule has 0 fully saturated rings. The number of rotatable bonds is 2. The van der Waals surface area contributed by atoms with E-state index in [2.05, 4.69) is 11.4 Å². The Balaban J connectivity index is 2.26. The Bertz CT molecular complexity index is 792. The summed E-state index contributed by atoms with van der Waals surface area (Å²) >= 11 is 14.0. The van der Waals surface area contributed by atoms with E-state index in [0.29, 0.717) is 33.2 Å². The third kappa shape index (κ3) is 2.78. The van der Waals surface area contributed by atoms with E-state index >= 15 is 0 Å². The van der Waals surface area contributed by atoms with Crippen molar-refractivity contribution in [3.63, 3.8) is 0 Å². The van der Waals surface area contributed by atoms with Gasteiger partial charge in [0.1, 0.15) is 0 Å². The number of hydrogen-bond donors (Lipinski definition) is 1. The Morgan fingerprint density at radius 1 is 1.35 bits per heavy atom. The number of nitrogens with one attached hydrogen (secondary N) is 1. The van der Waals surface area contributed by atoms with E-state index in [-0.39, 0.29) is 5.78 Å². The minimum absolute atomic E-state index is 0.0766. The van der Waals surface area contributed by atoms with Crippen molar-refractivity contribution in [1.82, 2.24) is 5.32 Å². The average Bonchev–Trinajstić information content (AvgIpc) is 2.56. The summed E-state index contributed by atoms with van der Waals surface area (Å²) in [6, 6.07) is 7.61. The number of carbonyl (C=O) groups excluding carboxylic acids is 1. The standard InChI is InChI=1S/C17H14Cl2N2OS/c1-23-17-10(8-20)14(9-4-2-5-11(18)16(9)19)15-12(21-17)6-3-7-13(15)22/h2,4-5,14,21H,3,6-7H2,1H3/t14-/m0/s1. The molecule has 2 aliphatic rings. The summed E-state index contributed by atoms with van der Waals surface area (Å²) in [6.07, 6.45) is 4.04. The Labute approximate surface area is 149 Å². The number of nitrogens with zero attached hydrogens (tertiary/aromatic N) is 1. The first-order valence-electron chi connectivity index (χ1n) is 7.24. The lowest BCUT2D eigenvalue weighted by molar-refractivity contribution is -0.116. The first kappa shape index (κ1) is 16.4. The van der Waals surface area contributed by atoms with Gasteiger partial charge >= 0.3 is 0 Å². The molecule has 1 N–H and O–H groups in total. The maximum Gasteiger partial charge on any atom is 0.161 e. The molecule has 0 radical (unpaired) electrons. The van der Waals surface area contributed by atoms with Crippen LogP contribution < -0.4 is 5.32 Å². The van der Waals surface area contributed by atoms with E-state index in [1.165, 1.54) is 11.8 Å². The molecule has 0 bridgehead atoms. The van der Waals surface area contributed by atoms with Crippen LogP contribution in [0.4, 0.5) is 0 Å². The number of ketones is 1. The molecule has 0 saturated carbocycles. The van der Waals surface area contributed by atoms with Gasteiger partial charge in [-0.05, 0) is 30.7 Å². The molecule has 0 amide bonds. The molecule has 1 aromatic rings. The van der Waals surface area contributed by atoms with Gasteiger partial charge in [0.25, 0.3) is 0 Å². The molecule has 1 aliphatic carbocycles. The van der Waals surface area contributed by atoms with Crippen molar-refractivity contribution in [3.05, 3.63) is 55.7 Å². The third-order valence-corrected chi connectivity index (χ3v) is 5.72. The fraction of sp³-hybridized carbons (Fsp3) is 0.294. The Kier molecular flexibility index (Phi) is 4.72. The summed E-state index contributed by atoms with van der Waals surface area (Å²) in [5.74, 6) is -0.370. The summed E-state index contributed by atoms with van der Waals surface area (Å²) in [6.45, 7) is 0. The molecule has 0 saturated heterocycles. The van der Waals surface area contributed by atoms with E-state index in [1.54, 1.807) is 12.1 Å². The van der Waals surface area contributed by atoms with Crippen LogP contribution in [0.25, 0.3) is 0 Å². The average molecular weight is 365 g/mol. The third-order valence-electron chi connectivity index (χ3n) is 4.16. The number of thioether (sulfide) groups is 1. The van der Waals surface area contributed by atoms with E-state index in [4.69, 9.17) is 23.2 Å². The molecule has 1 aliphatic heterocycles. The van der Waals surface area contributed by atoms with Crippen molar-refractivity contribution >= 4 is 40.7 Å². The molecule has 23 heavy (non-hydrogen) atoms. The number of benzene rings is 1. The number of Topliss-reactive ketones (excluding diaryl/α,β-unsaturated/α-hetero) is 1. The maximum absolute atomic E-state index is 12.6. The highest BCUT2D eigenvalue weighted by Gasteiger charge is 2.37. The molecular formula is C17H14Cl2N2OS. The van der Waals surface area contributed by atoms with E-state index in [1.807, 2.05) is 12.3 Å². The molecule has 3 nitrogen and oxygen atoms in total. The number of dihydropyridines is 1. The van der Waals surface area contributed by atoms with Gasteiger partial charge in [0, 0.05) is 17.7 Å². The summed E-state index contributed by atoms with van der Waals surface area (Å²) in [4.78, 5) is 12.6. The van der Waals surface area contributed by atoms with Crippen molar-refractivity contribution in [3.8, 4) is 6.07 Å². The zero-order chi connectivity index (χ0) is 16.6. The predicted octanol–water partition coefficient (Wildman–Crippen LogP) is 4.79. The largest absolute Gasteiger partial charge is 0.352 e. The number of allylic oxidation sites excluding steroid dienone is 3. The van der Waals surface area contributed by atoms with Gasteiger partial charge < -0.3 is 5.32 Å². The second kappa shape index (κ2) is 6.60. The number of hydrogen-bond acceptors (Lipinski definition) is 4. The quantitative estimate of drug-likeness (QED) is 0.819. The zero-order valence-corrected chi connectivity index (χ0v) is 14.8. The van der Waals surface area contributed by atoms with E-state index in [9.17, 15) is 10.1 Å². The minimum Gasteiger partial charge on any atom is -0.352 e. The van der Waals surface area contributed by atoms with Gasteiger partial charge in [-0.15, -0.1) is 11.8 Å². The Morgan fingerprint density at radius 3 is 2.83 bits per heavy atom. The van der Waals surface area contributed by atoms with Crippen molar-refractivity contribution in [2.75, 3.05) is 6.26 Å². The topological polar surface area (TPSA) is 52.9 Å². The fourth-order valence-corrected chi connectivity index (χ4v) is 4.16. The molecular weight excluding hydrogens is 351 g/mol. The predicted molar refractivity (Wildman–Crippen MR) is 94.4 cm³/mol. The van der Waals surface area contributed by atoms with Gasteiger partial charge in [-0.25, -0.2) is 0 Å². The van der Waals surface area contributed by atoms with Crippen LogP contribution in [0.3, 0.4) is 0 Å². The van der Waals surface area contributed by atoms with Gasteiger partial charge in [-0.1, -0.05) is 35.3 Å². The molecule has 0 aromatic heterocycles. The minimum atomic E-state index is -0.447. The first-order valence-corrected chi connectivity index (χ1v) is 9.22. The van der Waals surface area contributed by atoms with Gasteiger partial charge in [0.05, 0.1) is 32.6 Å². The molecule has 0 spiro atoms. The van der Waals surface area contributed by atoms with Crippen molar-refractivity contribution < 1.29 is 4.79 Å². The molecule has 3 rings (SSSR count). The zero-order valence-electron chi connectivity index (χ0n) is 12.5. The van der Waals surface area contributed by atoms with Gasteiger partial charge in [0.15, 0.2) is 5.78 Å². The van der Waals surface area contributed by atoms with Crippen LogP contribution in [-0.2, 0) is 4.79 Å². The highest BCUT2D eigenvalue weighted by Crippen LogP contribution is 2.46. The maximum atomic E-state index is 12.6. The van der Waals surface area contributed by atoms with Gasteiger partial charge in [-0.3, -0.25) is 4.79 Å². The van der Waals surface area contributed by atoms with Gasteiger partial charge in [-0.2, -0.15) is 5.26 Å². The highest BCUT2D eigenvalue weighted by molar-refractivity contribution is 8.02. The molecule has 118 valence electrons. The SMILES string of the molecule is CSC1=C(C#N)[C@H](c2cccc(Cl)c2Cl)C2=C(CCCC2=O)N1. The van der Waals surface area contributed by atoms with Crippen molar-refractivity contribution in [1.29, 1.82) is 5.26 Å². The van der Waals surface area contributed by atoms with Crippen LogP contribution in [0, 0.1) is 11.3 Å². The lowest BCUT2D eigenvalue weighted by atomic mass is 9.77. The summed E-state index contributed by atoms with van der Waals surface area (Å²) in [5, 5.41) is 14.6. The molecule has 0 unspecified atom stereocenters. The van der Waals surface area contributed by atoms with Crippen LogP contribution in [-0.4, -0.2) is 12.0 Å². The van der Waals surface area contributed by atoms with Crippen LogP contribution in [0.2, 0.25) is 10.0 Å². The van der Waals surface area contributed by atoms with Gasteiger partial charge in [0.2, 0.25) is 0 Å².